The molecule has 0 radical (unpaired) electrons. The summed E-state index contributed by atoms with van der Waals surface area (Å²) in [7, 11) is 0. The minimum Gasteiger partial charge on any atom is -0.345 e. The summed E-state index contributed by atoms with van der Waals surface area (Å²) in [4.78, 5) is 4.77. The number of hydrogen-bond acceptors (Lipinski definition) is 2. The molecule has 0 aromatic carbocycles. The highest BCUT2D eigenvalue weighted by Gasteiger charge is 2.33. The van der Waals surface area contributed by atoms with Crippen molar-refractivity contribution >= 4 is 17.4 Å². The lowest BCUT2D eigenvalue weighted by Crippen LogP contribution is -2.40. The van der Waals surface area contributed by atoms with Crippen molar-refractivity contribution < 1.29 is 17.6 Å². The van der Waals surface area contributed by atoms with Gasteiger partial charge in [-0.3, -0.25) is 0 Å². The zero-order valence-electron chi connectivity index (χ0n) is 9.93. The fourth-order valence-corrected chi connectivity index (χ4v) is 1.72. The van der Waals surface area contributed by atoms with Gasteiger partial charge in [-0.2, -0.15) is 13.2 Å². The number of hydrogen-bond donors (Lipinski definition) is 0. The van der Waals surface area contributed by atoms with E-state index in [-0.39, 0.29) is 17.3 Å². The van der Waals surface area contributed by atoms with Gasteiger partial charge < -0.3 is 4.90 Å². The Bertz CT molecular complexity index is 407. The molecule has 1 heterocycles. The quantitative estimate of drug-likeness (QED) is 0.618. The second kappa shape index (κ2) is 5.73. The highest BCUT2D eigenvalue weighted by Crippen LogP contribution is 2.26. The Labute approximate surface area is 108 Å². The standard InChI is InChI=1S/C11H13ClF4N2/c1-7(2)18(6-11(14,15)16)10-8(4-12)3-9(13)5-17-10/h3,5,7H,4,6H2,1-2H3. The first-order valence-electron chi connectivity index (χ1n) is 5.28. The van der Waals surface area contributed by atoms with Crippen LogP contribution in [0.3, 0.4) is 0 Å². The molecule has 0 aliphatic heterocycles. The summed E-state index contributed by atoms with van der Waals surface area (Å²) in [5, 5.41) is 0. The third kappa shape index (κ3) is 4.01. The second-order valence-electron chi connectivity index (χ2n) is 4.11. The van der Waals surface area contributed by atoms with Crippen molar-refractivity contribution in [3.8, 4) is 0 Å². The number of rotatable bonds is 4. The fraction of sp³-hybridized carbons (Fsp3) is 0.545. The first kappa shape index (κ1) is 15.0. The van der Waals surface area contributed by atoms with E-state index >= 15 is 0 Å². The number of halogens is 5. The molecule has 7 heteroatoms. The minimum atomic E-state index is -4.36. The van der Waals surface area contributed by atoms with E-state index in [9.17, 15) is 17.6 Å². The summed E-state index contributed by atoms with van der Waals surface area (Å²) in [6, 6.07) is 0.674. The van der Waals surface area contributed by atoms with Gasteiger partial charge in [0.25, 0.3) is 0 Å². The largest absolute Gasteiger partial charge is 0.405 e. The maximum absolute atomic E-state index is 13.0. The molecule has 0 saturated heterocycles. The van der Waals surface area contributed by atoms with Crippen molar-refractivity contribution in [2.24, 2.45) is 0 Å². The van der Waals surface area contributed by atoms with Crippen LogP contribution in [0.2, 0.25) is 0 Å². The Morgan fingerprint density at radius 2 is 2.00 bits per heavy atom. The van der Waals surface area contributed by atoms with Gasteiger partial charge in [-0.1, -0.05) is 0 Å². The average molecular weight is 285 g/mol. The van der Waals surface area contributed by atoms with Gasteiger partial charge in [0.05, 0.1) is 12.1 Å². The zero-order chi connectivity index (χ0) is 13.9. The zero-order valence-corrected chi connectivity index (χ0v) is 10.7. The van der Waals surface area contributed by atoms with Crippen LogP contribution in [0.5, 0.6) is 0 Å². The first-order valence-corrected chi connectivity index (χ1v) is 5.82. The molecule has 0 bridgehead atoms. The average Bonchev–Trinajstić information content (AvgIpc) is 2.24. The van der Waals surface area contributed by atoms with Gasteiger partial charge in [0.1, 0.15) is 18.2 Å². The lowest BCUT2D eigenvalue weighted by Gasteiger charge is -2.30. The lowest BCUT2D eigenvalue weighted by atomic mass is 10.2. The number of aromatic nitrogens is 1. The van der Waals surface area contributed by atoms with Crippen LogP contribution in [0.4, 0.5) is 23.4 Å². The molecule has 0 aliphatic rings. The highest BCUT2D eigenvalue weighted by molar-refractivity contribution is 6.17. The smallest absolute Gasteiger partial charge is 0.345 e. The van der Waals surface area contributed by atoms with E-state index in [2.05, 4.69) is 4.98 Å². The number of anilines is 1. The van der Waals surface area contributed by atoms with Crippen LogP contribution in [0.15, 0.2) is 12.3 Å². The highest BCUT2D eigenvalue weighted by atomic mass is 35.5. The Kier molecular flexibility index (Phi) is 4.78. The predicted octanol–water partition coefficient (Wildman–Crippen LogP) is 3.74. The maximum atomic E-state index is 13.0. The van der Waals surface area contributed by atoms with Crippen molar-refractivity contribution in [1.82, 2.24) is 4.98 Å². The predicted molar refractivity (Wildman–Crippen MR) is 62.3 cm³/mol. The minimum absolute atomic E-state index is 0.0683. The summed E-state index contributed by atoms with van der Waals surface area (Å²) in [6.45, 7) is 2.07. The molecule has 0 amide bonds. The number of pyridine rings is 1. The van der Waals surface area contributed by atoms with Crippen LogP contribution in [0.25, 0.3) is 0 Å². The van der Waals surface area contributed by atoms with Crippen LogP contribution in [-0.4, -0.2) is 23.7 Å². The van der Waals surface area contributed by atoms with Crippen LogP contribution in [0.1, 0.15) is 19.4 Å². The van der Waals surface area contributed by atoms with Gasteiger partial charge in [0.15, 0.2) is 0 Å². The molecule has 0 spiro atoms. The van der Waals surface area contributed by atoms with Crippen molar-refractivity contribution in [2.75, 3.05) is 11.4 Å². The molecule has 0 N–H and O–H groups in total. The topological polar surface area (TPSA) is 16.1 Å². The molecular weight excluding hydrogens is 272 g/mol. The fourth-order valence-electron chi connectivity index (χ4n) is 1.53. The van der Waals surface area contributed by atoms with Crippen molar-refractivity contribution in [3.63, 3.8) is 0 Å². The molecule has 2 nitrogen and oxygen atoms in total. The Hall–Kier alpha value is -1.04. The van der Waals surface area contributed by atoms with E-state index < -0.39 is 24.6 Å². The monoisotopic (exact) mass is 284 g/mol. The molecule has 1 aromatic heterocycles. The maximum Gasteiger partial charge on any atom is 0.405 e. The van der Waals surface area contributed by atoms with Crippen molar-refractivity contribution in [2.45, 2.75) is 31.9 Å². The molecule has 0 atom stereocenters. The van der Waals surface area contributed by atoms with E-state index in [1.54, 1.807) is 13.8 Å². The molecule has 0 unspecified atom stereocenters. The van der Waals surface area contributed by atoms with Gasteiger partial charge in [0.2, 0.25) is 0 Å². The Morgan fingerprint density at radius 1 is 1.39 bits per heavy atom. The van der Waals surface area contributed by atoms with Crippen LogP contribution in [-0.2, 0) is 5.88 Å². The third-order valence-corrected chi connectivity index (χ3v) is 2.59. The second-order valence-corrected chi connectivity index (χ2v) is 4.37. The van der Waals surface area contributed by atoms with E-state index in [0.29, 0.717) is 0 Å². The van der Waals surface area contributed by atoms with Crippen LogP contribution in [0, 0.1) is 5.82 Å². The van der Waals surface area contributed by atoms with Gasteiger partial charge in [-0.05, 0) is 19.9 Å². The van der Waals surface area contributed by atoms with Crippen molar-refractivity contribution in [3.05, 3.63) is 23.6 Å². The molecule has 0 fully saturated rings. The van der Waals surface area contributed by atoms with Gasteiger partial charge in [0, 0.05) is 11.6 Å². The molecule has 1 aromatic rings. The van der Waals surface area contributed by atoms with E-state index in [0.717, 1.165) is 17.2 Å². The summed E-state index contributed by atoms with van der Waals surface area (Å²) in [5.41, 5.74) is 0.245. The van der Waals surface area contributed by atoms with E-state index in [1.807, 2.05) is 0 Å². The van der Waals surface area contributed by atoms with Crippen LogP contribution >= 0.6 is 11.6 Å². The summed E-state index contributed by atoms with van der Waals surface area (Å²) in [6.07, 6.45) is -3.47. The molecule has 1 rings (SSSR count). The van der Waals surface area contributed by atoms with Gasteiger partial charge >= 0.3 is 6.18 Å². The Balaban J connectivity index is 3.13. The van der Waals surface area contributed by atoms with Gasteiger partial charge in [-0.25, -0.2) is 9.37 Å². The summed E-state index contributed by atoms with van der Waals surface area (Å²) >= 11 is 5.61. The summed E-state index contributed by atoms with van der Waals surface area (Å²) < 4.78 is 50.4. The molecule has 18 heavy (non-hydrogen) atoms. The molecule has 0 saturated carbocycles. The molecule has 102 valence electrons. The Morgan fingerprint density at radius 3 is 2.44 bits per heavy atom. The number of nitrogens with zero attached hydrogens (tertiary/aromatic N) is 2. The molecule has 0 aliphatic carbocycles. The summed E-state index contributed by atoms with van der Waals surface area (Å²) in [5.74, 6) is -0.648. The van der Waals surface area contributed by atoms with Crippen LogP contribution < -0.4 is 4.90 Å². The van der Waals surface area contributed by atoms with Gasteiger partial charge in [-0.15, -0.1) is 11.6 Å². The van der Waals surface area contributed by atoms with Crippen molar-refractivity contribution in [1.29, 1.82) is 0 Å². The normalized spacial score (nSPS) is 12.0. The SMILES string of the molecule is CC(C)N(CC(F)(F)F)c1ncc(F)cc1CCl. The van der Waals surface area contributed by atoms with E-state index in [4.69, 9.17) is 11.6 Å². The number of alkyl halides is 4. The third-order valence-electron chi connectivity index (χ3n) is 2.30. The van der Waals surface area contributed by atoms with E-state index in [1.165, 1.54) is 0 Å². The first-order chi connectivity index (χ1) is 8.24. The lowest BCUT2D eigenvalue weighted by molar-refractivity contribution is -0.120. The molecular formula is C11H13ClF4N2.